The van der Waals surface area contributed by atoms with Crippen molar-refractivity contribution in [3.8, 4) is 6.07 Å². The van der Waals surface area contributed by atoms with Crippen molar-refractivity contribution in [1.29, 1.82) is 5.26 Å². The molecule has 1 N–H and O–H groups in total. The van der Waals surface area contributed by atoms with Crippen molar-refractivity contribution in [2.24, 2.45) is 17.8 Å². The molecule has 2 saturated carbocycles. The van der Waals surface area contributed by atoms with E-state index in [1.807, 2.05) is 6.07 Å². The van der Waals surface area contributed by atoms with E-state index in [2.05, 4.69) is 5.32 Å². The van der Waals surface area contributed by atoms with E-state index in [1.165, 1.54) is 25.0 Å². The number of rotatable bonds is 2. The van der Waals surface area contributed by atoms with E-state index in [1.54, 1.807) is 0 Å². The van der Waals surface area contributed by atoms with Crippen LogP contribution in [0.15, 0.2) is 18.2 Å². The SMILES string of the molecule is N#Cc1ccc(NC(=O)C2C3CCCCC32)c(F)c1. The van der Waals surface area contributed by atoms with Crippen molar-refractivity contribution in [2.75, 3.05) is 5.32 Å². The number of carbonyl (C=O) groups excluding carboxylic acids is 1. The Labute approximate surface area is 111 Å². The lowest BCUT2D eigenvalue weighted by molar-refractivity contribution is -0.117. The number of hydrogen-bond donors (Lipinski definition) is 1. The lowest BCUT2D eigenvalue weighted by Gasteiger charge is -2.06. The molecule has 1 amide bonds. The predicted molar refractivity (Wildman–Crippen MR) is 68.7 cm³/mol. The van der Waals surface area contributed by atoms with Crippen LogP contribution in [0.3, 0.4) is 0 Å². The van der Waals surface area contributed by atoms with Crippen molar-refractivity contribution in [1.82, 2.24) is 0 Å². The van der Waals surface area contributed by atoms with Crippen molar-refractivity contribution in [3.63, 3.8) is 0 Å². The van der Waals surface area contributed by atoms with Crippen LogP contribution >= 0.6 is 0 Å². The maximum atomic E-state index is 13.7. The van der Waals surface area contributed by atoms with Gasteiger partial charge in [0.05, 0.1) is 17.3 Å². The molecular weight excluding hydrogens is 243 g/mol. The van der Waals surface area contributed by atoms with Gasteiger partial charge in [-0.1, -0.05) is 12.8 Å². The van der Waals surface area contributed by atoms with Gasteiger partial charge in [0.2, 0.25) is 5.91 Å². The van der Waals surface area contributed by atoms with E-state index in [0.717, 1.165) is 18.9 Å². The Morgan fingerprint density at radius 1 is 1.32 bits per heavy atom. The average Bonchev–Trinajstić information content (AvgIpc) is 3.15. The fourth-order valence-corrected chi connectivity index (χ4v) is 3.28. The summed E-state index contributed by atoms with van der Waals surface area (Å²) in [4.78, 5) is 12.1. The Balaban J connectivity index is 1.69. The van der Waals surface area contributed by atoms with E-state index in [4.69, 9.17) is 5.26 Å². The van der Waals surface area contributed by atoms with E-state index >= 15 is 0 Å². The first-order valence-corrected chi connectivity index (χ1v) is 6.71. The summed E-state index contributed by atoms with van der Waals surface area (Å²) in [5.41, 5.74) is 0.434. The van der Waals surface area contributed by atoms with Gasteiger partial charge in [0, 0.05) is 5.92 Å². The zero-order valence-corrected chi connectivity index (χ0v) is 10.5. The number of carbonyl (C=O) groups is 1. The molecule has 0 aromatic heterocycles. The number of halogens is 1. The number of hydrogen-bond acceptors (Lipinski definition) is 2. The summed E-state index contributed by atoms with van der Waals surface area (Å²) in [5.74, 6) is 0.472. The maximum Gasteiger partial charge on any atom is 0.228 e. The number of nitrogens with zero attached hydrogens (tertiary/aromatic N) is 1. The summed E-state index contributed by atoms with van der Waals surface area (Å²) < 4.78 is 13.7. The number of fused-ring (bicyclic) bond motifs is 1. The summed E-state index contributed by atoms with van der Waals surface area (Å²) in [5, 5.41) is 11.3. The molecule has 19 heavy (non-hydrogen) atoms. The molecule has 98 valence electrons. The van der Waals surface area contributed by atoms with Gasteiger partial charge < -0.3 is 5.32 Å². The van der Waals surface area contributed by atoms with Crippen LogP contribution in [0.25, 0.3) is 0 Å². The molecule has 0 radical (unpaired) electrons. The van der Waals surface area contributed by atoms with Gasteiger partial charge >= 0.3 is 0 Å². The molecule has 2 atom stereocenters. The molecule has 2 aliphatic rings. The molecule has 3 nitrogen and oxygen atoms in total. The molecule has 3 rings (SSSR count). The smallest absolute Gasteiger partial charge is 0.228 e. The summed E-state index contributed by atoms with van der Waals surface area (Å²) in [6.45, 7) is 0. The van der Waals surface area contributed by atoms with Crippen molar-refractivity contribution in [3.05, 3.63) is 29.6 Å². The molecule has 0 spiro atoms. The second-order valence-corrected chi connectivity index (χ2v) is 5.43. The highest BCUT2D eigenvalue weighted by atomic mass is 19.1. The Kier molecular flexibility index (Phi) is 2.98. The average molecular weight is 258 g/mol. The molecule has 0 heterocycles. The third-order valence-electron chi connectivity index (χ3n) is 4.32. The Morgan fingerprint density at radius 2 is 2.00 bits per heavy atom. The van der Waals surface area contributed by atoms with E-state index in [-0.39, 0.29) is 23.1 Å². The first kappa shape index (κ1) is 12.2. The summed E-state index contributed by atoms with van der Waals surface area (Å²) in [6, 6.07) is 5.99. The van der Waals surface area contributed by atoms with Gasteiger partial charge in [-0.05, 0) is 42.9 Å². The molecule has 2 fully saturated rings. The Morgan fingerprint density at radius 3 is 2.58 bits per heavy atom. The van der Waals surface area contributed by atoms with Gasteiger partial charge in [-0.2, -0.15) is 5.26 Å². The molecule has 0 bridgehead atoms. The largest absolute Gasteiger partial charge is 0.323 e. The van der Waals surface area contributed by atoms with Crippen LogP contribution < -0.4 is 5.32 Å². The minimum absolute atomic E-state index is 0.0672. The molecule has 2 unspecified atom stereocenters. The molecular formula is C15H15FN2O. The predicted octanol–water partition coefficient (Wildman–Crippen LogP) is 3.07. The molecule has 0 saturated heterocycles. The fraction of sp³-hybridized carbons (Fsp3) is 0.467. The van der Waals surface area contributed by atoms with E-state index in [0.29, 0.717) is 11.8 Å². The Bertz CT molecular complexity index is 552. The third kappa shape index (κ3) is 2.21. The number of benzene rings is 1. The first-order valence-electron chi connectivity index (χ1n) is 6.71. The summed E-state index contributed by atoms with van der Waals surface area (Å²) in [7, 11) is 0. The molecule has 0 aliphatic heterocycles. The standard InChI is InChI=1S/C15H15FN2O/c16-12-7-9(8-17)5-6-13(12)18-15(19)14-10-3-1-2-4-11(10)14/h5-7,10-11,14H,1-4H2,(H,18,19). The lowest BCUT2D eigenvalue weighted by Crippen LogP contribution is -2.16. The van der Waals surface area contributed by atoms with Crippen LogP contribution in [0.5, 0.6) is 0 Å². The molecule has 1 aromatic carbocycles. The molecule has 1 aromatic rings. The van der Waals surface area contributed by atoms with Crippen molar-refractivity contribution >= 4 is 11.6 Å². The van der Waals surface area contributed by atoms with Crippen molar-refractivity contribution < 1.29 is 9.18 Å². The Hall–Kier alpha value is -1.89. The number of amides is 1. The minimum Gasteiger partial charge on any atom is -0.323 e. The van der Waals surface area contributed by atoms with Crippen LogP contribution in [0.4, 0.5) is 10.1 Å². The topological polar surface area (TPSA) is 52.9 Å². The van der Waals surface area contributed by atoms with Gasteiger partial charge in [-0.3, -0.25) is 4.79 Å². The van der Waals surface area contributed by atoms with Crippen LogP contribution in [0, 0.1) is 34.9 Å². The van der Waals surface area contributed by atoms with Gasteiger partial charge in [-0.25, -0.2) is 4.39 Å². The third-order valence-corrected chi connectivity index (χ3v) is 4.32. The highest BCUT2D eigenvalue weighted by Gasteiger charge is 2.54. The van der Waals surface area contributed by atoms with Gasteiger partial charge in [0.25, 0.3) is 0 Å². The zero-order valence-electron chi connectivity index (χ0n) is 10.5. The fourth-order valence-electron chi connectivity index (χ4n) is 3.28. The van der Waals surface area contributed by atoms with Crippen LogP contribution in [0.2, 0.25) is 0 Å². The number of nitriles is 1. The van der Waals surface area contributed by atoms with Gasteiger partial charge in [0.1, 0.15) is 5.82 Å². The van der Waals surface area contributed by atoms with Gasteiger partial charge in [0.15, 0.2) is 0 Å². The second kappa shape index (κ2) is 4.65. The number of anilines is 1. The minimum atomic E-state index is -0.545. The first-order chi connectivity index (χ1) is 9.20. The molecule has 4 heteroatoms. The molecule has 2 aliphatic carbocycles. The second-order valence-electron chi connectivity index (χ2n) is 5.43. The lowest BCUT2D eigenvalue weighted by atomic mass is 10.0. The summed E-state index contributed by atoms with van der Waals surface area (Å²) >= 11 is 0. The monoisotopic (exact) mass is 258 g/mol. The van der Waals surface area contributed by atoms with Crippen LogP contribution in [0.1, 0.15) is 31.2 Å². The quantitative estimate of drug-likeness (QED) is 0.886. The zero-order chi connectivity index (χ0) is 13.4. The van der Waals surface area contributed by atoms with E-state index in [9.17, 15) is 9.18 Å². The number of nitrogens with one attached hydrogen (secondary N) is 1. The maximum absolute atomic E-state index is 13.7. The van der Waals surface area contributed by atoms with E-state index < -0.39 is 5.82 Å². The van der Waals surface area contributed by atoms with Gasteiger partial charge in [-0.15, -0.1) is 0 Å². The van der Waals surface area contributed by atoms with Crippen LogP contribution in [-0.2, 0) is 4.79 Å². The highest BCUT2D eigenvalue weighted by molar-refractivity contribution is 5.95. The normalized spacial score (nSPS) is 28.1. The van der Waals surface area contributed by atoms with Crippen LogP contribution in [-0.4, -0.2) is 5.91 Å². The van der Waals surface area contributed by atoms with Crippen molar-refractivity contribution in [2.45, 2.75) is 25.7 Å². The summed E-state index contributed by atoms with van der Waals surface area (Å²) in [6.07, 6.45) is 4.66. The highest BCUT2D eigenvalue weighted by Crippen LogP contribution is 2.55.